The SMILES string of the molecule is C=CCOCC(O)COCC(O)COCC(F)(F)OC(F)(F)COCOCCOCC(O)COCC(O)COCCc1cccs1. The third-order valence-electron chi connectivity index (χ3n) is 5.17. The first kappa shape index (κ1) is 42.7. The Balaban J connectivity index is 2.00. The Labute approximate surface area is 269 Å². The first-order valence-corrected chi connectivity index (χ1v) is 15.2. The van der Waals surface area contributed by atoms with Crippen molar-refractivity contribution in [3.63, 3.8) is 0 Å². The molecule has 46 heavy (non-hydrogen) atoms. The Kier molecular flexibility index (Phi) is 23.8. The molecule has 1 aromatic heterocycles. The van der Waals surface area contributed by atoms with Crippen LogP contribution in [0.1, 0.15) is 4.88 Å². The molecule has 0 bridgehead atoms. The van der Waals surface area contributed by atoms with Crippen molar-refractivity contribution in [2.75, 3.05) is 99.3 Å². The van der Waals surface area contributed by atoms with E-state index in [1.54, 1.807) is 11.3 Å². The molecule has 4 unspecified atom stereocenters. The number of thiophene rings is 1. The highest BCUT2D eigenvalue weighted by atomic mass is 32.1. The Morgan fingerprint density at radius 3 is 1.67 bits per heavy atom. The lowest BCUT2D eigenvalue weighted by atomic mass is 10.3. The Hall–Kier alpha value is -1.36. The summed E-state index contributed by atoms with van der Waals surface area (Å²) < 4.78 is 98.2. The fourth-order valence-corrected chi connectivity index (χ4v) is 3.90. The van der Waals surface area contributed by atoms with Crippen molar-refractivity contribution < 1.29 is 80.6 Å². The number of hydrogen-bond donors (Lipinski definition) is 4. The van der Waals surface area contributed by atoms with Crippen LogP contribution < -0.4 is 0 Å². The van der Waals surface area contributed by atoms with Crippen LogP contribution in [0.3, 0.4) is 0 Å². The van der Waals surface area contributed by atoms with Crippen LogP contribution in [0.2, 0.25) is 0 Å². The van der Waals surface area contributed by atoms with Crippen molar-refractivity contribution in [1.82, 2.24) is 0 Å². The van der Waals surface area contributed by atoms with Gasteiger partial charge in [-0.05, 0) is 11.4 Å². The Bertz CT molecular complexity index is 857. The maximum Gasteiger partial charge on any atom is 0.383 e. The van der Waals surface area contributed by atoms with Gasteiger partial charge in [-0.3, -0.25) is 4.74 Å². The predicted molar refractivity (Wildman–Crippen MR) is 155 cm³/mol. The van der Waals surface area contributed by atoms with Crippen molar-refractivity contribution in [3.05, 3.63) is 35.0 Å². The number of aliphatic hydroxyl groups is 4. The minimum absolute atomic E-state index is 0.0367. The molecule has 1 aromatic rings. The zero-order chi connectivity index (χ0) is 34.1. The highest BCUT2D eigenvalue weighted by Gasteiger charge is 2.44. The van der Waals surface area contributed by atoms with Gasteiger partial charge in [0.15, 0.2) is 0 Å². The monoisotopic (exact) mass is 698 g/mol. The van der Waals surface area contributed by atoms with Gasteiger partial charge in [0.2, 0.25) is 0 Å². The van der Waals surface area contributed by atoms with E-state index in [0.29, 0.717) is 6.61 Å². The second kappa shape index (κ2) is 25.6. The van der Waals surface area contributed by atoms with Gasteiger partial charge in [-0.2, -0.15) is 17.6 Å². The second-order valence-corrected chi connectivity index (χ2v) is 10.8. The van der Waals surface area contributed by atoms with Crippen LogP contribution in [-0.2, 0) is 49.1 Å². The lowest BCUT2D eigenvalue weighted by Gasteiger charge is -2.24. The molecule has 0 fully saturated rings. The Morgan fingerprint density at radius 2 is 1.13 bits per heavy atom. The first-order valence-electron chi connectivity index (χ1n) is 14.4. The summed E-state index contributed by atoms with van der Waals surface area (Å²) in [6.45, 7) is -1.25. The maximum atomic E-state index is 13.7. The van der Waals surface area contributed by atoms with Gasteiger partial charge >= 0.3 is 12.2 Å². The molecule has 0 aliphatic carbocycles. The van der Waals surface area contributed by atoms with E-state index in [4.69, 9.17) is 28.4 Å². The zero-order valence-electron chi connectivity index (χ0n) is 25.5. The van der Waals surface area contributed by atoms with Crippen molar-refractivity contribution in [2.24, 2.45) is 0 Å². The van der Waals surface area contributed by atoms with E-state index in [9.17, 15) is 38.0 Å². The Morgan fingerprint density at radius 1 is 0.652 bits per heavy atom. The smallest absolute Gasteiger partial charge is 0.383 e. The average Bonchev–Trinajstić information content (AvgIpc) is 3.50. The summed E-state index contributed by atoms with van der Waals surface area (Å²) in [6.07, 6.45) is -10.7. The van der Waals surface area contributed by atoms with Gasteiger partial charge in [-0.1, -0.05) is 12.1 Å². The van der Waals surface area contributed by atoms with Crippen LogP contribution in [0.4, 0.5) is 17.6 Å². The molecule has 13 nitrogen and oxygen atoms in total. The van der Waals surface area contributed by atoms with E-state index in [1.807, 2.05) is 17.5 Å². The maximum absolute atomic E-state index is 13.7. The second-order valence-electron chi connectivity index (χ2n) is 9.76. The molecule has 0 saturated carbocycles. The summed E-state index contributed by atoms with van der Waals surface area (Å²) in [6, 6.07) is 3.95. The molecular formula is C28H46F4O13S. The normalized spacial score (nSPS) is 15.1. The first-order chi connectivity index (χ1) is 21.9. The van der Waals surface area contributed by atoms with E-state index in [-0.39, 0.29) is 66.1 Å². The molecule has 0 radical (unpaired) electrons. The lowest BCUT2D eigenvalue weighted by Crippen LogP contribution is -2.40. The van der Waals surface area contributed by atoms with E-state index in [0.717, 1.165) is 6.42 Å². The number of aliphatic hydroxyl groups excluding tert-OH is 4. The summed E-state index contributed by atoms with van der Waals surface area (Å²) in [4.78, 5) is 1.18. The summed E-state index contributed by atoms with van der Waals surface area (Å²) in [7, 11) is 0. The van der Waals surface area contributed by atoms with E-state index in [2.05, 4.69) is 20.8 Å². The number of hydrogen-bond acceptors (Lipinski definition) is 14. The third kappa shape index (κ3) is 24.8. The van der Waals surface area contributed by atoms with Crippen LogP contribution in [-0.4, -0.2) is 156 Å². The number of alkyl halides is 4. The van der Waals surface area contributed by atoms with Crippen LogP contribution in [0, 0.1) is 0 Å². The third-order valence-corrected chi connectivity index (χ3v) is 6.10. The molecule has 0 amide bonds. The summed E-state index contributed by atoms with van der Waals surface area (Å²) in [5.74, 6) is 0. The van der Waals surface area contributed by atoms with Gasteiger partial charge in [-0.15, -0.1) is 17.9 Å². The highest BCUT2D eigenvalue weighted by molar-refractivity contribution is 7.09. The lowest BCUT2D eigenvalue weighted by molar-refractivity contribution is -0.396. The highest BCUT2D eigenvalue weighted by Crippen LogP contribution is 2.27. The van der Waals surface area contributed by atoms with Crippen LogP contribution >= 0.6 is 11.3 Å². The van der Waals surface area contributed by atoms with E-state index < -0.39 is 63.2 Å². The van der Waals surface area contributed by atoms with Gasteiger partial charge in [0.1, 0.15) is 44.4 Å². The minimum Gasteiger partial charge on any atom is -0.388 e. The van der Waals surface area contributed by atoms with Gasteiger partial charge in [0, 0.05) is 11.3 Å². The molecule has 0 aliphatic rings. The van der Waals surface area contributed by atoms with Gasteiger partial charge in [0.25, 0.3) is 0 Å². The topological polar surface area (TPSA) is 164 Å². The molecule has 18 heteroatoms. The summed E-state index contributed by atoms with van der Waals surface area (Å²) in [5, 5.41) is 40.9. The molecule has 0 spiro atoms. The molecule has 270 valence electrons. The number of ether oxygens (including phenoxy) is 9. The molecule has 0 aromatic carbocycles. The summed E-state index contributed by atoms with van der Waals surface area (Å²) in [5.41, 5.74) is 0. The van der Waals surface area contributed by atoms with Crippen LogP contribution in [0.15, 0.2) is 30.2 Å². The van der Waals surface area contributed by atoms with E-state index >= 15 is 0 Å². The van der Waals surface area contributed by atoms with Crippen LogP contribution in [0.25, 0.3) is 0 Å². The molecule has 0 aliphatic heterocycles. The fraction of sp³-hybridized carbons (Fsp3) is 0.786. The van der Waals surface area contributed by atoms with Crippen molar-refractivity contribution in [2.45, 2.75) is 43.1 Å². The zero-order valence-corrected chi connectivity index (χ0v) is 26.3. The average molecular weight is 699 g/mol. The molecule has 0 saturated heterocycles. The fourth-order valence-electron chi connectivity index (χ4n) is 3.21. The van der Waals surface area contributed by atoms with E-state index in [1.165, 1.54) is 11.0 Å². The largest absolute Gasteiger partial charge is 0.388 e. The molecule has 1 rings (SSSR count). The van der Waals surface area contributed by atoms with Crippen LogP contribution in [0.5, 0.6) is 0 Å². The van der Waals surface area contributed by atoms with Gasteiger partial charge in [0.05, 0.1) is 79.3 Å². The quantitative estimate of drug-likeness (QED) is 0.0368. The van der Waals surface area contributed by atoms with Crippen molar-refractivity contribution in [1.29, 1.82) is 0 Å². The van der Waals surface area contributed by atoms with Crippen molar-refractivity contribution >= 4 is 11.3 Å². The molecule has 1 heterocycles. The van der Waals surface area contributed by atoms with Gasteiger partial charge in [-0.25, -0.2) is 0 Å². The van der Waals surface area contributed by atoms with Crippen molar-refractivity contribution in [3.8, 4) is 0 Å². The number of rotatable bonds is 32. The predicted octanol–water partition coefficient (Wildman–Crippen LogP) is 1.21. The summed E-state index contributed by atoms with van der Waals surface area (Å²) >= 11 is 1.62. The molecule has 4 atom stereocenters. The van der Waals surface area contributed by atoms with Gasteiger partial charge < -0.3 is 58.3 Å². The number of halogens is 4. The molecule has 4 N–H and O–H groups in total. The standard InChI is InChI=1S/C28H46F4O13S/c1-2-6-37-11-22(33)14-42-17-25(36)18-43-19-27(29,30)45-28(31,32)20-44-21-40-9-8-39-13-24(35)16-41-15-23(34)12-38-7-5-26-4-3-10-46-26/h2-4,10,22-25,33-36H,1,5-9,11-21H2. The molecular weight excluding hydrogens is 652 g/mol. The minimum atomic E-state index is -4.40.